The number of rotatable bonds is 5. The van der Waals surface area contributed by atoms with Crippen molar-refractivity contribution in [1.29, 1.82) is 0 Å². The van der Waals surface area contributed by atoms with E-state index in [2.05, 4.69) is 4.98 Å². The smallest absolute Gasteiger partial charge is 0.220 e. The van der Waals surface area contributed by atoms with E-state index in [1.54, 1.807) is 13.2 Å². The molecule has 0 saturated carbocycles. The SMILES string of the molecule is CCOc1c(Cl)cc(C=Cc2nc3ccccc3o2)cc1OC. The second kappa shape index (κ2) is 6.75. The molecule has 0 aliphatic rings. The average molecular weight is 330 g/mol. The number of nitrogens with zero attached hydrogens (tertiary/aromatic N) is 1. The predicted octanol–water partition coefficient (Wildman–Crippen LogP) is 5.06. The van der Waals surface area contributed by atoms with Gasteiger partial charge in [-0.3, -0.25) is 0 Å². The number of benzene rings is 2. The zero-order valence-electron chi connectivity index (χ0n) is 12.9. The van der Waals surface area contributed by atoms with Gasteiger partial charge in [0, 0.05) is 6.08 Å². The molecule has 0 fully saturated rings. The third kappa shape index (κ3) is 3.32. The molecule has 4 nitrogen and oxygen atoms in total. The van der Waals surface area contributed by atoms with Gasteiger partial charge in [-0.1, -0.05) is 23.7 Å². The van der Waals surface area contributed by atoms with Crippen LogP contribution in [0.25, 0.3) is 23.3 Å². The summed E-state index contributed by atoms with van der Waals surface area (Å²) >= 11 is 6.26. The molecular weight excluding hydrogens is 314 g/mol. The third-order valence-corrected chi connectivity index (χ3v) is 3.55. The van der Waals surface area contributed by atoms with E-state index < -0.39 is 0 Å². The fourth-order valence-corrected chi connectivity index (χ4v) is 2.52. The highest BCUT2D eigenvalue weighted by atomic mass is 35.5. The van der Waals surface area contributed by atoms with Crippen molar-refractivity contribution in [1.82, 2.24) is 4.98 Å². The molecule has 5 heteroatoms. The fourth-order valence-electron chi connectivity index (χ4n) is 2.25. The van der Waals surface area contributed by atoms with E-state index in [4.69, 9.17) is 25.5 Å². The van der Waals surface area contributed by atoms with Crippen LogP contribution in [0.15, 0.2) is 40.8 Å². The van der Waals surface area contributed by atoms with Crippen LogP contribution in [-0.2, 0) is 0 Å². The van der Waals surface area contributed by atoms with E-state index in [0.29, 0.717) is 29.0 Å². The molecule has 0 saturated heterocycles. The van der Waals surface area contributed by atoms with Crippen LogP contribution in [0.5, 0.6) is 11.5 Å². The van der Waals surface area contributed by atoms with Crippen molar-refractivity contribution in [3.8, 4) is 11.5 Å². The maximum absolute atomic E-state index is 6.26. The minimum atomic E-state index is 0.503. The summed E-state index contributed by atoms with van der Waals surface area (Å²) in [4.78, 5) is 4.40. The summed E-state index contributed by atoms with van der Waals surface area (Å²) in [6.45, 7) is 2.42. The minimum absolute atomic E-state index is 0.503. The summed E-state index contributed by atoms with van der Waals surface area (Å²) in [5.74, 6) is 1.68. The van der Waals surface area contributed by atoms with Gasteiger partial charge in [0.05, 0.1) is 18.7 Å². The van der Waals surface area contributed by atoms with Gasteiger partial charge in [-0.2, -0.15) is 0 Å². The number of fused-ring (bicyclic) bond motifs is 1. The van der Waals surface area contributed by atoms with Crippen LogP contribution < -0.4 is 9.47 Å². The minimum Gasteiger partial charge on any atom is -0.493 e. The van der Waals surface area contributed by atoms with E-state index in [1.807, 2.05) is 49.4 Å². The molecule has 3 rings (SSSR count). The summed E-state index contributed by atoms with van der Waals surface area (Å²) in [7, 11) is 1.59. The second-order valence-electron chi connectivity index (χ2n) is 4.82. The van der Waals surface area contributed by atoms with Crippen molar-refractivity contribution >= 4 is 34.9 Å². The number of oxazole rings is 1. The van der Waals surface area contributed by atoms with Crippen molar-refractivity contribution in [2.24, 2.45) is 0 Å². The van der Waals surface area contributed by atoms with Gasteiger partial charge in [-0.05, 0) is 42.8 Å². The molecule has 118 valence electrons. The molecule has 0 aliphatic carbocycles. The van der Waals surface area contributed by atoms with Gasteiger partial charge in [-0.25, -0.2) is 4.98 Å². The van der Waals surface area contributed by atoms with E-state index in [1.165, 1.54) is 0 Å². The Morgan fingerprint density at radius 1 is 1.22 bits per heavy atom. The van der Waals surface area contributed by atoms with Crippen LogP contribution in [0.2, 0.25) is 5.02 Å². The number of hydrogen-bond donors (Lipinski definition) is 0. The van der Waals surface area contributed by atoms with Gasteiger partial charge in [0.2, 0.25) is 5.89 Å². The van der Waals surface area contributed by atoms with Gasteiger partial charge in [0.25, 0.3) is 0 Å². The molecule has 3 aromatic rings. The Morgan fingerprint density at radius 2 is 2.04 bits per heavy atom. The molecule has 0 unspecified atom stereocenters. The van der Waals surface area contributed by atoms with Crippen LogP contribution in [0.3, 0.4) is 0 Å². The number of para-hydroxylation sites is 2. The van der Waals surface area contributed by atoms with Gasteiger partial charge in [0.15, 0.2) is 17.1 Å². The molecule has 1 aromatic heterocycles. The zero-order valence-corrected chi connectivity index (χ0v) is 13.6. The van der Waals surface area contributed by atoms with Crippen LogP contribution in [-0.4, -0.2) is 18.7 Å². The van der Waals surface area contributed by atoms with Crippen LogP contribution in [0.1, 0.15) is 18.4 Å². The lowest BCUT2D eigenvalue weighted by Gasteiger charge is -2.11. The van der Waals surface area contributed by atoms with E-state index in [-0.39, 0.29) is 0 Å². The van der Waals surface area contributed by atoms with Crippen molar-refractivity contribution in [3.05, 3.63) is 52.9 Å². The lowest BCUT2D eigenvalue weighted by Crippen LogP contribution is -1.96. The Hall–Kier alpha value is -2.46. The number of hydrogen-bond acceptors (Lipinski definition) is 4. The summed E-state index contributed by atoms with van der Waals surface area (Å²) in [5, 5.41) is 0.503. The second-order valence-corrected chi connectivity index (χ2v) is 5.23. The Bertz CT molecular complexity index is 822. The number of aromatic nitrogens is 1. The van der Waals surface area contributed by atoms with Gasteiger partial charge in [0.1, 0.15) is 5.52 Å². The molecule has 2 aromatic carbocycles. The molecule has 1 heterocycles. The van der Waals surface area contributed by atoms with Crippen molar-refractivity contribution in [3.63, 3.8) is 0 Å². The highest BCUT2D eigenvalue weighted by Gasteiger charge is 2.10. The summed E-state index contributed by atoms with van der Waals surface area (Å²) in [5.41, 5.74) is 2.46. The Kier molecular flexibility index (Phi) is 4.53. The highest BCUT2D eigenvalue weighted by molar-refractivity contribution is 6.32. The highest BCUT2D eigenvalue weighted by Crippen LogP contribution is 2.36. The standard InChI is InChI=1S/C18H16ClNO3/c1-3-22-18-13(19)10-12(11-16(18)21-2)8-9-17-20-14-6-4-5-7-15(14)23-17/h4-11H,3H2,1-2H3. The predicted molar refractivity (Wildman–Crippen MR) is 92.1 cm³/mol. The largest absolute Gasteiger partial charge is 0.493 e. The maximum atomic E-state index is 6.26. The maximum Gasteiger partial charge on any atom is 0.220 e. The summed E-state index contributed by atoms with van der Waals surface area (Å²) in [6.07, 6.45) is 3.67. The Morgan fingerprint density at radius 3 is 2.78 bits per heavy atom. The van der Waals surface area contributed by atoms with E-state index in [0.717, 1.165) is 16.7 Å². The topological polar surface area (TPSA) is 44.5 Å². The van der Waals surface area contributed by atoms with Gasteiger partial charge in [-0.15, -0.1) is 0 Å². The lowest BCUT2D eigenvalue weighted by molar-refractivity contribution is 0.311. The molecule has 0 bridgehead atoms. The number of ether oxygens (including phenoxy) is 2. The lowest BCUT2D eigenvalue weighted by atomic mass is 10.2. The normalized spacial score (nSPS) is 11.3. The molecule has 0 amide bonds. The third-order valence-electron chi connectivity index (χ3n) is 3.27. The van der Waals surface area contributed by atoms with Crippen LogP contribution in [0, 0.1) is 0 Å². The Balaban J connectivity index is 1.91. The van der Waals surface area contributed by atoms with Crippen LogP contribution >= 0.6 is 11.6 Å². The average Bonchev–Trinajstić information content (AvgIpc) is 2.98. The first-order chi connectivity index (χ1) is 11.2. The van der Waals surface area contributed by atoms with Crippen LogP contribution in [0.4, 0.5) is 0 Å². The quantitative estimate of drug-likeness (QED) is 0.656. The van der Waals surface area contributed by atoms with Gasteiger partial charge < -0.3 is 13.9 Å². The van der Waals surface area contributed by atoms with E-state index >= 15 is 0 Å². The molecular formula is C18H16ClNO3. The number of methoxy groups -OCH3 is 1. The molecule has 0 aliphatic heterocycles. The van der Waals surface area contributed by atoms with E-state index in [9.17, 15) is 0 Å². The molecule has 0 atom stereocenters. The molecule has 0 N–H and O–H groups in total. The first kappa shape index (κ1) is 15.4. The Labute approximate surface area is 139 Å². The summed E-state index contributed by atoms with van der Waals surface area (Å²) in [6, 6.07) is 11.3. The van der Waals surface area contributed by atoms with Crippen molar-refractivity contribution in [2.75, 3.05) is 13.7 Å². The first-order valence-electron chi connectivity index (χ1n) is 7.25. The van der Waals surface area contributed by atoms with Gasteiger partial charge >= 0.3 is 0 Å². The van der Waals surface area contributed by atoms with Crippen molar-refractivity contribution < 1.29 is 13.9 Å². The number of halogens is 1. The fraction of sp³-hybridized carbons (Fsp3) is 0.167. The zero-order chi connectivity index (χ0) is 16.2. The summed E-state index contributed by atoms with van der Waals surface area (Å²) < 4.78 is 16.5. The molecule has 23 heavy (non-hydrogen) atoms. The van der Waals surface area contributed by atoms with Crippen molar-refractivity contribution in [2.45, 2.75) is 6.92 Å². The first-order valence-corrected chi connectivity index (χ1v) is 7.63. The molecule has 0 spiro atoms. The monoisotopic (exact) mass is 329 g/mol. The molecule has 0 radical (unpaired) electrons.